The predicted octanol–water partition coefficient (Wildman–Crippen LogP) is 1.99. The van der Waals surface area contributed by atoms with E-state index in [2.05, 4.69) is 35.3 Å². The molecule has 10 heteroatoms. The summed E-state index contributed by atoms with van der Waals surface area (Å²) in [4.78, 5) is 32.9. The third-order valence-electron chi connectivity index (χ3n) is 4.67. The van der Waals surface area contributed by atoms with Crippen LogP contribution in [0.5, 0.6) is 0 Å². The van der Waals surface area contributed by atoms with Crippen LogP contribution >= 0.6 is 11.3 Å². The predicted molar refractivity (Wildman–Crippen MR) is 102 cm³/mol. The Morgan fingerprint density at radius 1 is 1.26 bits per heavy atom. The molecule has 9 nitrogen and oxygen atoms in total. The van der Waals surface area contributed by atoms with Crippen molar-refractivity contribution in [3.8, 4) is 5.82 Å². The fourth-order valence-electron chi connectivity index (χ4n) is 3.09. The molecule has 0 saturated carbocycles. The molecule has 140 valence electrons. The van der Waals surface area contributed by atoms with Gasteiger partial charge in [0.25, 0.3) is 0 Å². The molecule has 27 heavy (non-hydrogen) atoms. The smallest absolute Gasteiger partial charge is 0.231 e. The van der Waals surface area contributed by atoms with Gasteiger partial charge in [-0.2, -0.15) is 5.10 Å². The SMILES string of the molecule is Cc1nc(NC(=O)C2CCCN(c3cc(-n4cncn4)ncn3)C2)sc1C. The van der Waals surface area contributed by atoms with Crippen LogP contribution in [0.4, 0.5) is 10.9 Å². The number of hydrogen-bond donors (Lipinski definition) is 1. The Bertz CT molecular complexity index is 919. The Labute approximate surface area is 160 Å². The highest BCUT2D eigenvalue weighted by molar-refractivity contribution is 7.15. The first-order valence-corrected chi connectivity index (χ1v) is 9.58. The summed E-state index contributed by atoms with van der Waals surface area (Å²) in [6, 6.07) is 1.86. The third-order valence-corrected chi connectivity index (χ3v) is 5.65. The van der Waals surface area contributed by atoms with E-state index in [4.69, 9.17) is 0 Å². The molecular formula is C17H20N8OS. The van der Waals surface area contributed by atoms with Gasteiger partial charge in [0.2, 0.25) is 5.91 Å². The maximum absolute atomic E-state index is 12.7. The van der Waals surface area contributed by atoms with E-state index in [0.29, 0.717) is 17.5 Å². The van der Waals surface area contributed by atoms with Crippen LogP contribution in [0.1, 0.15) is 23.4 Å². The lowest BCUT2D eigenvalue weighted by molar-refractivity contribution is -0.120. The van der Waals surface area contributed by atoms with Gasteiger partial charge in [0.05, 0.1) is 11.6 Å². The van der Waals surface area contributed by atoms with E-state index in [1.54, 1.807) is 11.0 Å². The minimum Gasteiger partial charge on any atom is -0.356 e. The average Bonchev–Trinajstić information content (AvgIpc) is 3.32. The number of nitrogens with one attached hydrogen (secondary N) is 1. The molecule has 0 aromatic carbocycles. The molecule has 3 aromatic heterocycles. The van der Waals surface area contributed by atoms with Gasteiger partial charge >= 0.3 is 0 Å². The van der Waals surface area contributed by atoms with Crippen molar-refractivity contribution in [3.63, 3.8) is 0 Å². The molecule has 0 radical (unpaired) electrons. The van der Waals surface area contributed by atoms with Crippen molar-refractivity contribution in [1.82, 2.24) is 29.7 Å². The van der Waals surface area contributed by atoms with Crippen molar-refractivity contribution in [2.45, 2.75) is 26.7 Å². The van der Waals surface area contributed by atoms with E-state index in [9.17, 15) is 4.79 Å². The molecule has 0 aliphatic carbocycles. The minimum absolute atomic E-state index is 0.0130. The van der Waals surface area contributed by atoms with E-state index in [1.807, 2.05) is 19.9 Å². The third kappa shape index (κ3) is 3.80. The van der Waals surface area contributed by atoms with Crippen LogP contribution in [0, 0.1) is 19.8 Å². The molecule has 0 spiro atoms. The lowest BCUT2D eigenvalue weighted by atomic mass is 9.97. The number of carbonyl (C=O) groups excluding carboxylic acids is 1. The largest absolute Gasteiger partial charge is 0.356 e. The Kier molecular flexibility index (Phi) is 4.80. The van der Waals surface area contributed by atoms with Gasteiger partial charge in [-0.3, -0.25) is 4.79 Å². The first kappa shape index (κ1) is 17.5. The molecule has 4 heterocycles. The second-order valence-electron chi connectivity index (χ2n) is 6.51. The quantitative estimate of drug-likeness (QED) is 0.734. The van der Waals surface area contributed by atoms with Gasteiger partial charge in [-0.1, -0.05) is 0 Å². The summed E-state index contributed by atoms with van der Waals surface area (Å²) in [7, 11) is 0. The van der Waals surface area contributed by atoms with Gasteiger partial charge in [0.1, 0.15) is 24.8 Å². The highest BCUT2D eigenvalue weighted by Crippen LogP contribution is 2.25. The first-order chi connectivity index (χ1) is 13.1. The van der Waals surface area contributed by atoms with Crippen LogP contribution in [0.15, 0.2) is 25.0 Å². The van der Waals surface area contributed by atoms with Gasteiger partial charge in [-0.25, -0.2) is 24.6 Å². The Morgan fingerprint density at radius 3 is 2.85 bits per heavy atom. The fraction of sp³-hybridized carbons (Fsp3) is 0.412. The average molecular weight is 384 g/mol. The van der Waals surface area contributed by atoms with E-state index >= 15 is 0 Å². The summed E-state index contributed by atoms with van der Waals surface area (Å²) in [5.74, 6) is 1.35. The first-order valence-electron chi connectivity index (χ1n) is 8.77. The summed E-state index contributed by atoms with van der Waals surface area (Å²) < 4.78 is 1.59. The number of aromatic nitrogens is 6. The van der Waals surface area contributed by atoms with Crippen molar-refractivity contribution < 1.29 is 4.79 Å². The van der Waals surface area contributed by atoms with Crippen LogP contribution in [-0.4, -0.2) is 48.7 Å². The monoisotopic (exact) mass is 384 g/mol. The highest BCUT2D eigenvalue weighted by Gasteiger charge is 2.27. The molecule has 1 saturated heterocycles. The van der Waals surface area contributed by atoms with Crippen LogP contribution in [0.3, 0.4) is 0 Å². The summed E-state index contributed by atoms with van der Waals surface area (Å²) in [6.07, 6.45) is 6.35. The lowest BCUT2D eigenvalue weighted by Crippen LogP contribution is -2.41. The molecule has 1 aliphatic heterocycles. The van der Waals surface area contributed by atoms with E-state index in [1.165, 1.54) is 24.0 Å². The summed E-state index contributed by atoms with van der Waals surface area (Å²) >= 11 is 1.51. The molecule has 1 N–H and O–H groups in total. The number of aryl methyl sites for hydroxylation is 2. The van der Waals surface area contributed by atoms with Crippen molar-refractivity contribution in [2.75, 3.05) is 23.3 Å². The summed E-state index contributed by atoms with van der Waals surface area (Å²) in [6.45, 7) is 5.43. The lowest BCUT2D eigenvalue weighted by Gasteiger charge is -2.32. The van der Waals surface area contributed by atoms with Crippen LogP contribution in [0.25, 0.3) is 5.82 Å². The van der Waals surface area contributed by atoms with Gasteiger partial charge in [-0.05, 0) is 26.7 Å². The second-order valence-corrected chi connectivity index (χ2v) is 7.71. The van der Waals surface area contributed by atoms with Crippen LogP contribution in [-0.2, 0) is 4.79 Å². The van der Waals surface area contributed by atoms with Crippen molar-refractivity contribution in [2.24, 2.45) is 5.92 Å². The maximum Gasteiger partial charge on any atom is 0.231 e. The number of hydrogen-bond acceptors (Lipinski definition) is 8. The van der Waals surface area contributed by atoms with Gasteiger partial charge in [0, 0.05) is 24.0 Å². The number of nitrogens with zero attached hydrogens (tertiary/aromatic N) is 7. The van der Waals surface area contributed by atoms with Gasteiger partial charge in [0.15, 0.2) is 10.9 Å². The molecule has 4 rings (SSSR count). The zero-order valence-corrected chi connectivity index (χ0v) is 16.0. The normalized spacial score (nSPS) is 17.1. The number of rotatable bonds is 4. The van der Waals surface area contributed by atoms with Crippen LogP contribution < -0.4 is 10.2 Å². The zero-order valence-electron chi connectivity index (χ0n) is 15.2. The zero-order chi connectivity index (χ0) is 18.8. The molecule has 3 aromatic rings. The van der Waals surface area contributed by atoms with Gasteiger partial charge < -0.3 is 10.2 Å². The Morgan fingerprint density at radius 2 is 2.11 bits per heavy atom. The molecule has 1 aliphatic rings. The maximum atomic E-state index is 12.7. The summed E-state index contributed by atoms with van der Waals surface area (Å²) in [5.41, 5.74) is 0.960. The standard InChI is InChI=1S/C17H20N8OS/c1-11-12(2)27-17(22-11)23-16(26)13-4-3-5-24(7-13)14-6-15(20-9-19-14)25-10-18-8-21-25/h6,8-10,13H,3-5,7H2,1-2H3,(H,22,23,26). The van der Waals surface area contributed by atoms with Crippen molar-refractivity contribution in [3.05, 3.63) is 35.6 Å². The number of amides is 1. The molecule has 1 fully saturated rings. The van der Waals surface area contributed by atoms with Crippen LogP contribution in [0.2, 0.25) is 0 Å². The number of piperidine rings is 1. The number of carbonyl (C=O) groups is 1. The van der Waals surface area contributed by atoms with Crippen molar-refractivity contribution >= 4 is 28.2 Å². The fourth-order valence-corrected chi connectivity index (χ4v) is 3.91. The van der Waals surface area contributed by atoms with Crippen molar-refractivity contribution in [1.29, 1.82) is 0 Å². The topological polar surface area (TPSA) is 102 Å². The van der Waals surface area contributed by atoms with Gasteiger partial charge in [-0.15, -0.1) is 11.3 Å². The molecular weight excluding hydrogens is 364 g/mol. The number of thiazole rings is 1. The second kappa shape index (κ2) is 7.39. The van der Waals surface area contributed by atoms with E-state index in [0.717, 1.165) is 35.8 Å². The Hall–Kier alpha value is -2.88. The van der Waals surface area contributed by atoms with E-state index < -0.39 is 0 Å². The highest BCUT2D eigenvalue weighted by atomic mass is 32.1. The Balaban J connectivity index is 1.46. The minimum atomic E-state index is -0.104. The molecule has 0 bridgehead atoms. The summed E-state index contributed by atoms with van der Waals surface area (Å²) in [5, 5.41) is 7.73. The van der Waals surface area contributed by atoms with E-state index in [-0.39, 0.29) is 11.8 Å². The molecule has 1 atom stereocenters. The molecule has 1 amide bonds. The molecule has 1 unspecified atom stereocenters. The number of anilines is 2.